The number of hydrogen-bond donors (Lipinski definition) is 1. The third-order valence-corrected chi connectivity index (χ3v) is 3.02. The maximum Gasteiger partial charge on any atom is 0.252 e. The summed E-state index contributed by atoms with van der Waals surface area (Å²) in [7, 11) is 0. The summed E-state index contributed by atoms with van der Waals surface area (Å²) in [5.74, 6) is 0.350. The fourth-order valence-electron chi connectivity index (χ4n) is 2.24. The zero-order valence-corrected chi connectivity index (χ0v) is 11.5. The maximum atomic E-state index is 12.3. The van der Waals surface area contributed by atoms with Crippen molar-refractivity contribution in [2.24, 2.45) is 0 Å². The van der Waals surface area contributed by atoms with Crippen LogP contribution in [0, 0.1) is 20.8 Å². The first-order valence-electron chi connectivity index (χ1n) is 6.14. The van der Waals surface area contributed by atoms with Gasteiger partial charge in [0.2, 0.25) is 6.39 Å². The SMILES string of the molecule is Cc1cc(C)c(C(=O)N[C@H](C)c2ncon2)c(C)c1. The van der Waals surface area contributed by atoms with Gasteiger partial charge in [0.05, 0.1) is 6.04 Å². The van der Waals surface area contributed by atoms with E-state index in [2.05, 4.69) is 20.0 Å². The van der Waals surface area contributed by atoms with Crippen molar-refractivity contribution in [2.75, 3.05) is 0 Å². The number of nitrogens with zero attached hydrogens (tertiary/aromatic N) is 2. The van der Waals surface area contributed by atoms with Crippen LogP contribution in [0.3, 0.4) is 0 Å². The average Bonchev–Trinajstić information content (AvgIpc) is 2.80. The van der Waals surface area contributed by atoms with Crippen molar-refractivity contribution in [3.8, 4) is 0 Å². The number of carbonyl (C=O) groups is 1. The van der Waals surface area contributed by atoms with Crippen molar-refractivity contribution in [3.05, 3.63) is 46.6 Å². The molecule has 1 aromatic heterocycles. The lowest BCUT2D eigenvalue weighted by Crippen LogP contribution is -2.28. The standard InChI is InChI=1S/C14H17N3O2/c1-8-5-9(2)12(10(3)6-8)14(18)16-11(4)13-15-7-19-17-13/h5-7,11H,1-4H3,(H,16,18)/t11-/m1/s1. The summed E-state index contributed by atoms with van der Waals surface area (Å²) < 4.78 is 4.67. The summed E-state index contributed by atoms with van der Waals surface area (Å²) in [5, 5.41) is 6.60. The van der Waals surface area contributed by atoms with Gasteiger partial charge in [-0.1, -0.05) is 22.9 Å². The van der Waals surface area contributed by atoms with Gasteiger partial charge >= 0.3 is 0 Å². The summed E-state index contributed by atoms with van der Waals surface area (Å²) in [6.45, 7) is 7.72. The number of aryl methyl sites for hydroxylation is 3. The molecule has 2 rings (SSSR count). The summed E-state index contributed by atoms with van der Waals surface area (Å²) in [6, 6.07) is 3.72. The quantitative estimate of drug-likeness (QED) is 0.919. The predicted molar refractivity (Wildman–Crippen MR) is 70.8 cm³/mol. The van der Waals surface area contributed by atoms with Crippen LogP contribution in [0.15, 0.2) is 23.0 Å². The first-order chi connectivity index (χ1) is 8.99. The lowest BCUT2D eigenvalue weighted by molar-refractivity contribution is 0.0936. The molecular weight excluding hydrogens is 242 g/mol. The molecule has 1 amide bonds. The highest BCUT2D eigenvalue weighted by Crippen LogP contribution is 2.17. The molecule has 1 atom stereocenters. The van der Waals surface area contributed by atoms with E-state index in [-0.39, 0.29) is 11.9 Å². The Morgan fingerprint density at radius 2 is 1.89 bits per heavy atom. The van der Waals surface area contributed by atoms with Gasteiger partial charge in [0.15, 0.2) is 5.82 Å². The van der Waals surface area contributed by atoms with Crippen LogP contribution in [-0.2, 0) is 0 Å². The molecule has 0 fully saturated rings. The van der Waals surface area contributed by atoms with Crippen LogP contribution in [0.2, 0.25) is 0 Å². The summed E-state index contributed by atoms with van der Waals surface area (Å²) in [4.78, 5) is 16.2. The minimum atomic E-state index is -0.286. The zero-order chi connectivity index (χ0) is 14.0. The van der Waals surface area contributed by atoms with Gasteiger partial charge in [0.1, 0.15) is 0 Å². The molecule has 0 saturated heterocycles. The molecule has 0 spiro atoms. The van der Waals surface area contributed by atoms with Gasteiger partial charge in [-0.3, -0.25) is 4.79 Å². The minimum absolute atomic E-state index is 0.118. The number of hydrogen-bond acceptors (Lipinski definition) is 4. The van der Waals surface area contributed by atoms with Crippen molar-refractivity contribution in [1.29, 1.82) is 0 Å². The van der Waals surface area contributed by atoms with Crippen molar-refractivity contribution < 1.29 is 9.32 Å². The average molecular weight is 259 g/mol. The van der Waals surface area contributed by atoms with Gasteiger partial charge in [0, 0.05) is 5.56 Å². The molecule has 19 heavy (non-hydrogen) atoms. The third-order valence-electron chi connectivity index (χ3n) is 3.02. The number of carbonyl (C=O) groups excluding carboxylic acids is 1. The lowest BCUT2D eigenvalue weighted by atomic mass is 9.99. The van der Waals surface area contributed by atoms with E-state index < -0.39 is 0 Å². The third kappa shape index (κ3) is 2.81. The fourth-order valence-corrected chi connectivity index (χ4v) is 2.24. The Morgan fingerprint density at radius 1 is 1.26 bits per heavy atom. The Balaban J connectivity index is 2.21. The van der Waals surface area contributed by atoms with Crippen LogP contribution in [-0.4, -0.2) is 16.0 Å². The molecule has 0 unspecified atom stereocenters. The highest BCUT2D eigenvalue weighted by molar-refractivity contribution is 5.97. The largest absolute Gasteiger partial charge is 0.343 e. The predicted octanol–water partition coefficient (Wildman–Crippen LogP) is 2.49. The van der Waals surface area contributed by atoms with E-state index in [9.17, 15) is 4.79 Å². The Labute approximate surface area is 112 Å². The van der Waals surface area contributed by atoms with Crippen LogP contribution < -0.4 is 5.32 Å². The minimum Gasteiger partial charge on any atom is -0.343 e. The first kappa shape index (κ1) is 13.3. The van der Waals surface area contributed by atoms with Crippen molar-refractivity contribution in [1.82, 2.24) is 15.5 Å². The lowest BCUT2D eigenvalue weighted by Gasteiger charge is -2.14. The van der Waals surface area contributed by atoms with E-state index in [1.807, 2.05) is 39.8 Å². The second kappa shape index (κ2) is 5.22. The van der Waals surface area contributed by atoms with Gasteiger partial charge in [-0.25, -0.2) is 0 Å². The van der Waals surface area contributed by atoms with Crippen LogP contribution in [0.1, 0.15) is 45.8 Å². The van der Waals surface area contributed by atoms with Gasteiger partial charge in [-0.15, -0.1) is 0 Å². The van der Waals surface area contributed by atoms with Gasteiger partial charge in [-0.2, -0.15) is 4.98 Å². The number of benzene rings is 1. The fraction of sp³-hybridized carbons (Fsp3) is 0.357. The van der Waals surface area contributed by atoms with E-state index in [4.69, 9.17) is 0 Å². The van der Waals surface area contributed by atoms with Crippen LogP contribution in [0.25, 0.3) is 0 Å². The van der Waals surface area contributed by atoms with Crippen LogP contribution in [0.4, 0.5) is 0 Å². The van der Waals surface area contributed by atoms with E-state index in [1.165, 1.54) is 6.39 Å². The highest BCUT2D eigenvalue weighted by Gasteiger charge is 2.18. The second-order valence-corrected chi connectivity index (χ2v) is 4.76. The van der Waals surface area contributed by atoms with Crippen LogP contribution in [0.5, 0.6) is 0 Å². The van der Waals surface area contributed by atoms with Gasteiger partial charge in [-0.05, 0) is 38.8 Å². The Hall–Kier alpha value is -2.17. The molecule has 0 aliphatic heterocycles. The maximum absolute atomic E-state index is 12.3. The Morgan fingerprint density at radius 3 is 2.42 bits per heavy atom. The molecule has 0 bridgehead atoms. The summed E-state index contributed by atoms with van der Waals surface area (Å²) >= 11 is 0. The Bertz CT molecular complexity index is 568. The number of rotatable bonds is 3. The molecule has 0 aliphatic rings. The molecule has 1 N–H and O–H groups in total. The van der Waals surface area contributed by atoms with Gasteiger partial charge < -0.3 is 9.84 Å². The zero-order valence-electron chi connectivity index (χ0n) is 11.5. The van der Waals surface area contributed by atoms with Gasteiger partial charge in [0.25, 0.3) is 5.91 Å². The molecule has 5 heteroatoms. The summed E-state index contributed by atoms with van der Waals surface area (Å²) in [6.07, 6.45) is 1.25. The van der Waals surface area contributed by atoms with Crippen molar-refractivity contribution in [3.63, 3.8) is 0 Å². The molecule has 1 heterocycles. The molecule has 0 radical (unpaired) electrons. The number of nitrogens with one attached hydrogen (secondary N) is 1. The second-order valence-electron chi connectivity index (χ2n) is 4.76. The molecule has 0 saturated carbocycles. The van der Waals surface area contributed by atoms with E-state index in [1.54, 1.807) is 0 Å². The van der Waals surface area contributed by atoms with E-state index in [0.717, 1.165) is 16.7 Å². The van der Waals surface area contributed by atoms with Crippen LogP contribution >= 0.6 is 0 Å². The molecule has 1 aromatic carbocycles. The molecule has 0 aliphatic carbocycles. The van der Waals surface area contributed by atoms with E-state index >= 15 is 0 Å². The smallest absolute Gasteiger partial charge is 0.252 e. The molecule has 5 nitrogen and oxygen atoms in total. The highest BCUT2D eigenvalue weighted by atomic mass is 16.5. The Kier molecular flexibility index (Phi) is 3.64. The van der Waals surface area contributed by atoms with Crippen molar-refractivity contribution >= 4 is 5.91 Å². The first-order valence-corrected chi connectivity index (χ1v) is 6.14. The number of amides is 1. The summed E-state index contributed by atoms with van der Waals surface area (Å²) in [5.41, 5.74) is 3.80. The van der Waals surface area contributed by atoms with E-state index in [0.29, 0.717) is 11.4 Å². The molecule has 2 aromatic rings. The topological polar surface area (TPSA) is 68.0 Å². The molecule has 100 valence electrons. The van der Waals surface area contributed by atoms with Crippen molar-refractivity contribution in [2.45, 2.75) is 33.7 Å². The number of aromatic nitrogens is 2. The normalized spacial score (nSPS) is 12.2. The monoisotopic (exact) mass is 259 g/mol. The molecular formula is C14H17N3O2.